The number of carbonyl (C=O) groups excluding carboxylic acids is 1. The van der Waals surface area contributed by atoms with Crippen LogP contribution in [0.25, 0.3) is 0 Å². The molecule has 5 nitrogen and oxygen atoms in total. The van der Waals surface area contributed by atoms with Crippen LogP contribution in [0.15, 0.2) is 12.3 Å². The third-order valence-corrected chi connectivity index (χ3v) is 2.36. The number of amides is 1. The molecule has 16 heavy (non-hydrogen) atoms. The van der Waals surface area contributed by atoms with Crippen LogP contribution in [0.2, 0.25) is 0 Å². The fraction of sp³-hybridized carbons (Fsp3) is 0.636. The van der Waals surface area contributed by atoms with Crippen LogP contribution in [-0.4, -0.2) is 28.8 Å². The van der Waals surface area contributed by atoms with Gasteiger partial charge in [-0.25, -0.2) is 0 Å². The molecule has 1 aromatic heterocycles. The SMILES string of the molecule is CCNCC(C)C(=O)NCc1ccn(C)n1. The van der Waals surface area contributed by atoms with Gasteiger partial charge in [-0.05, 0) is 12.6 Å². The van der Waals surface area contributed by atoms with E-state index < -0.39 is 0 Å². The Bertz CT molecular complexity index is 334. The summed E-state index contributed by atoms with van der Waals surface area (Å²) in [7, 11) is 1.86. The van der Waals surface area contributed by atoms with Crippen molar-refractivity contribution < 1.29 is 4.79 Å². The second-order valence-electron chi connectivity index (χ2n) is 3.91. The first-order valence-corrected chi connectivity index (χ1v) is 5.60. The van der Waals surface area contributed by atoms with Gasteiger partial charge in [-0.1, -0.05) is 13.8 Å². The van der Waals surface area contributed by atoms with Crippen LogP contribution in [0.4, 0.5) is 0 Å². The van der Waals surface area contributed by atoms with Gasteiger partial charge < -0.3 is 10.6 Å². The lowest BCUT2D eigenvalue weighted by Crippen LogP contribution is -2.35. The maximum absolute atomic E-state index is 11.6. The van der Waals surface area contributed by atoms with Crippen molar-refractivity contribution in [2.45, 2.75) is 20.4 Å². The Labute approximate surface area is 96.2 Å². The Morgan fingerprint density at radius 1 is 1.62 bits per heavy atom. The minimum absolute atomic E-state index is 0.0105. The minimum atomic E-state index is -0.0105. The molecule has 0 aliphatic rings. The minimum Gasteiger partial charge on any atom is -0.350 e. The average molecular weight is 224 g/mol. The lowest BCUT2D eigenvalue weighted by atomic mass is 10.1. The molecule has 0 saturated carbocycles. The lowest BCUT2D eigenvalue weighted by Gasteiger charge is -2.11. The molecule has 1 heterocycles. The first-order valence-electron chi connectivity index (χ1n) is 5.60. The molecule has 0 spiro atoms. The van der Waals surface area contributed by atoms with Crippen LogP contribution < -0.4 is 10.6 Å². The standard InChI is InChI=1S/C11H20N4O/c1-4-12-7-9(2)11(16)13-8-10-5-6-15(3)14-10/h5-6,9,12H,4,7-8H2,1-3H3,(H,13,16). The van der Waals surface area contributed by atoms with Crippen molar-refractivity contribution in [1.82, 2.24) is 20.4 Å². The highest BCUT2D eigenvalue weighted by atomic mass is 16.1. The van der Waals surface area contributed by atoms with Crippen LogP contribution in [0.3, 0.4) is 0 Å². The number of nitrogens with one attached hydrogen (secondary N) is 2. The van der Waals surface area contributed by atoms with E-state index in [9.17, 15) is 4.79 Å². The molecule has 0 fully saturated rings. The van der Waals surface area contributed by atoms with E-state index in [4.69, 9.17) is 0 Å². The summed E-state index contributed by atoms with van der Waals surface area (Å²) in [4.78, 5) is 11.6. The molecule has 0 aliphatic carbocycles. The van der Waals surface area contributed by atoms with Gasteiger partial charge in [0.2, 0.25) is 5.91 Å². The third kappa shape index (κ3) is 4.02. The second kappa shape index (κ2) is 6.27. The van der Waals surface area contributed by atoms with Crippen LogP contribution >= 0.6 is 0 Å². The molecule has 5 heteroatoms. The number of rotatable bonds is 6. The maximum atomic E-state index is 11.6. The topological polar surface area (TPSA) is 59.0 Å². The van der Waals surface area contributed by atoms with Crippen LogP contribution in [0, 0.1) is 5.92 Å². The van der Waals surface area contributed by atoms with Crippen LogP contribution in [0.1, 0.15) is 19.5 Å². The Balaban J connectivity index is 2.29. The largest absolute Gasteiger partial charge is 0.350 e. The van der Waals surface area contributed by atoms with E-state index in [1.54, 1.807) is 4.68 Å². The Morgan fingerprint density at radius 3 is 2.94 bits per heavy atom. The van der Waals surface area contributed by atoms with Crippen molar-refractivity contribution in [3.8, 4) is 0 Å². The quantitative estimate of drug-likeness (QED) is 0.730. The normalized spacial score (nSPS) is 12.4. The maximum Gasteiger partial charge on any atom is 0.224 e. The van der Waals surface area contributed by atoms with E-state index in [0.29, 0.717) is 13.1 Å². The lowest BCUT2D eigenvalue weighted by molar-refractivity contribution is -0.124. The molecule has 1 aromatic rings. The molecular formula is C11H20N4O. The van der Waals surface area contributed by atoms with Gasteiger partial charge in [-0.15, -0.1) is 0 Å². The third-order valence-electron chi connectivity index (χ3n) is 2.36. The number of nitrogens with zero attached hydrogens (tertiary/aromatic N) is 2. The second-order valence-corrected chi connectivity index (χ2v) is 3.91. The highest BCUT2D eigenvalue weighted by Gasteiger charge is 2.11. The van der Waals surface area contributed by atoms with E-state index in [1.807, 2.05) is 33.2 Å². The number of hydrogen-bond acceptors (Lipinski definition) is 3. The fourth-order valence-electron chi connectivity index (χ4n) is 1.36. The average Bonchev–Trinajstić information content (AvgIpc) is 2.68. The van der Waals surface area contributed by atoms with Crippen molar-refractivity contribution in [1.29, 1.82) is 0 Å². The van der Waals surface area contributed by atoms with Gasteiger partial charge in [0.15, 0.2) is 0 Å². The predicted octanol–water partition coefficient (Wildman–Crippen LogP) is 0.282. The van der Waals surface area contributed by atoms with E-state index in [-0.39, 0.29) is 11.8 Å². The van der Waals surface area contributed by atoms with Gasteiger partial charge in [0.1, 0.15) is 0 Å². The van der Waals surface area contributed by atoms with E-state index in [2.05, 4.69) is 15.7 Å². The summed E-state index contributed by atoms with van der Waals surface area (Å²) in [5, 5.41) is 10.2. The molecule has 1 atom stereocenters. The summed E-state index contributed by atoms with van der Waals surface area (Å²) in [5.74, 6) is 0.0512. The molecule has 1 unspecified atom stereocenters. The highest BCUT2D eigenvalue weighted by molar-refractivity contribution is 5.78. The predicted molar refractivity (Wildman–Crippen MR) is 62.8 cm³/mol. The Hall–Kier alpha value is -1.36. The molecule has 1 amide bonds. The molecule has 0 radical (unpaired) electrons. The molecule has 0 aliphatic heterocycles. The smallest absolute Gasteiger partial charge is 0.224 e. The van der Waals surface area contributed by atoms with Gasteiger partial charge in [-0.2, -0.15) is 5.10 Å². The summed E-state index contributed by atoms with van der Waals surface area (Å²) in [6.07, 6.45) is 1.86. The summed E-state index contributed by atoms with van der Waals surface area (Å²) in [6.45, 7) is 6.04. The fourth-order valence-corrected chi connectivity index (χ4v) is 1.36. The zero-order chi connectivity index (χ0) is 12.0. The molecule has 0 bridgehead atoms. The Kier molecular flexibility index (Phi) is 4.98. The van der Waals surface area contributed by atoms with E-state index >= 15 is 0 Å². The molecule has 90 valence electrons. The first-order chi connectivity index (χ1) is 7.63. The van der Waals surface area contributed by atoms with Crippen molar-refractivity contribution in [2.24, 2.45) is 13.0 Å². The van der Waals surface area contributed by atoms with Crippen LogP contribution in [-0.2, 0) is 18.4 Å². The van der Waals surface area contributed by atoms with E-state index in [0.717, 1.165) is 12.2 Å². The van der Waals surface area contributed by atoms with Crippen molar-refractivity contribution in [2.75, 3.05) is 13.1 Å². The van der Waals surface area contributed by atoms with E-state index in [1.165, 1.54) is 0 Å². The number of carbonyl (C=O) groups is 1. The Morgan fingerprint density at radius 2 is 2.38 bits per heavy atom. The van der Waals surface area contributed by atoms with Crippen molar-refractivity contribution in [3.63, 3.8) is 0 Å². The zero-order valence-electron chi connectivity index (χ0n) is 10.2. The van der Waals surface area contributed by atoms with Gasteiger partial charge in [0, 0.05) is 25.7 Å². The molecular weight excluding hydrogens is 204 g/mol. The summed E-state index contributed by atoms with van der Waals surface area (Å²) in [6, 6.07) is 1.90. The molecule has 0 saturated heterocycles. The number of aromatic nitrogens is 2. The summed E-state index contributed by atoms with van der Waals surface area (Å²) >= 11 is 0. The van der Waals surface area contributed by atoms with Gasteiger partial charge in [0.25, 0.3) is 0 Å². The molecule has 2 N–H and O–H groups in total. The highest BCUT2D eigenvalue weighted by Crippen LogP contribution is 1.96. The van der Waals surface area contributed by atoms with Gasteiger partial charge in [-0.3, -0.25) is 9.48 Å². The van der Waals surface area contributed by atoms with Crippen LogP contribution in [0.5, 0.6) is 0 Å². The summed E-state index contributed by atoms with van der Waals surface area (Å²) < 4.78 is 1.73. The monoisotopic (exact) mass is 224 g/mol. The molecule has 1 rings (SSSR count). The zero-order valence-corrected chi connectivity index (χ0v) is 10.2. The first kappa shape index (κ1) is 12.7. The van der Waals surface area contributed by atoms with Gasteiger partial charge >= 0.3 is 0 Å². The number of aryl methyl sites for hydroxylation is 1. The van der Waals surface area contributed by atoms with Crippen molar-refractivity contribution >= 4 is 5.91 Å². The number of hydrogen-bond donors (Lipinski definition) is 2. The summed E-state index contributed by atoms with van der Waals surface area (Å²) in [5.41, 5.74) is 0.881. The van der Waals surface area contributed by atoms with Crippen molar-refractivity contribution in [3.05, 3.63) is 18.0 Å². The van der Waals surface area contributed by atoms with Gasteiger partial charge in [0.05, 0.1) is 12.2 Å². The molecule has 0 aromatic carbocycles.